The highest BCUT2D eigenvalue weighted by Gasteiger charge is 2.10. The number of halogens is 1. The number of hydrogen-bond donors (Lipinski definition) is 0. The lowest BCUT2D eigenvalue weighted by Gasteiger charge is -1.97. The zero-order valence-corrected chi connectivity index (χ0v) is 8.83. The Hall–Kier alpha value is -0.150. The van der Waals surface area contributed by atoms with Crippen LogP contribution in [-0.2, 0) is 4.79 Å². The van der Waals surface area contributed by atoms with Gasteiger partial charge in [0.1, 0.15) is 6.29 Å². The summed E-state index contributed by atoms with van der Waals surface area (Å²) in [6.07, 6.45) is 0.911. The third-order valence-corrected chi connectivity index (χ3v) is 3.19. The van der Waals surface area contributed by atoms with Crippen molar-refractivity contribution in [1.29, 1.82) is 0 Å². The van der Waals surface area contributed by atoms with Gasteiger partial charge in [-0.3, -0.25) is 0 Å². The Morgan fingerprint density at radius 1 is 1.64 bits per heavy atom. The van der Waals surface area contributed by atoms with Crippen LogP contribution in [0.4, 0.5) is 0 Å². The molecule has 1 heterocycles. The van der Waals surface area contributed by atoms with Crippen LogP contribution in [0.25, 0.3) is 0 Å². The van der Waals surface area contributed by atoms with Crippen molar-refractivity contribution < 1.29 is 4.79 Å². The minimum atomic E-state index is -0.132. The number of thiophene rings is 1. The smallest absolute Gasteiger partial charge is 0.138 e. The lowest BCUT2D eigenvalue weighted by atomic mass is 10.2. The fourth-order valence-electron chi connectivity index (χ4n) is 0.998. The largest absolute Gasteiger partial charge is 0.302 e. The number of rotatable bonds is 2. The lowest BCUT2D eigenvalue weighted by molar-refractivity contribution is -0.107. The van der Waals surface area contributed by atoms with E-state index in [0.717, 1.165) is 11.8 Å². The van der Waals surface area contributed by atoms with Crippen LogP contribution < -0.4 is 0 Å². The molecule has 0 saturated carbocycles. The van der Waals surface area contributed by atoms with Crippen molar-refractivity contribution in [2.75, 3.05) is 0 Å². The van der Waals surface area contributed by atoms with E-state index in [0.29, 0.717) is 0 Å². The maximum absolute atomic E-state index is 10.4. The highest BCUT2D eigenvalue weighted by atomic mass is 79.9. The molecule has 0 spiro atoms. The molecule has 60 valence electrons. The van der Waals surface area contributed by atoms with Gasteiger partial charge in [0, 0.05) is 9.75 Å². The summed E-state index contributed by atoms with van der Waals surface area (Å²) < 4.78 is 0. The van der Waals surface area contributed by atoms with Gasteiger partial charge < -0.3 is 4.79 Å². The zero-order valence-electron chi connectivity index (χ0n) is 6.43. The third kappa shape index (κ3) is 1.91. The SMILES string of the molecule is Cc1cc(C(Br)C=O)c(C)s1. The topological polar surface area (TPSA) is 17.1 Å². The van der Waals surface area contributed by atoms with E-state index in [-0.39, 0.29) is 4.83 Å². The number of alkyl halides is 1. The second-order valence-electron chi connectivity index (χ2n) is 2.41. The fraction of sp³-hybridized carbons (Fsp3) is 0.375. The molecule has 0 saturated heterocycles. The Labute approximate surface area is 78.6 Å². The molecule has 0 aliphatic carbocycles. The second kappa shape index (κ2) is 3.50. The average molecular weight is 233 g/mol. The van der Waals surface area contributed by atoms with Crippen molar-refractivity contribution in [3.63, 3.8) is 0 Å². The van der Waals surface area contributed by atoms with Crippen LogP contribution >= 0.6 is 27.3 Å². The minimum absolute atomic E-state index is 0.132. The molecule has 0 amide bonds. The molecule has 0 aromatic carbocycles. The van der Waals surface area contributed by atoms with Crippen LogP contribution in [0.1, 0.15) is 20.1 Å². The summed E-state index contributed by atoms with van der Waals surface area (Å²) in [4.78, 5) is 12.8. The van der Waals surface area contributed by atoms with Gasteiger partial charge >= 0.3 is 0 Å². The van der Waals surface area contributed by atoms with Gasteiger partial charge in [-0.15, -0.1) is 11.3 Å². The highest BCUT2D eigenvalue weighted by Crippen LogP contribution is 2.29. The summed E-state index contributed by atoms with van der Waals surface area (Å²) in [5.41, 5.74) is 1.10. The molecular weight excluding hydrogens is 224 g/mol. The molecule has 1 nitrogen and oxygen atoms in total. The monoisotopic (exact) mass is 232 g/mol. The minimum Gasteiger partial charge on any atom is -0.302 e. The number of hydrogen-bond acceptors (Lipinski definition) is 2. The van der Waals surface area contributed by atoms with Crippen LogP contribution in [-0.4, -0.2) is 6.29 Å². The maximum atomic E-state index is 10.4. The van der Waals surface area contributed by atoms with E-state index in [2.05, 4.69) is 15.9 Å². The summed E-state index contributed by atoms with van der Waals surface area (Å²) in [6, 6.07) is 2.05. The molecule has 0 aliphatic heterocycles. The second-order valence-corrected chi connectivity index (χ2v) is 4.85. The van der Waals surface area contributed by atoms with Crippen molar-refractivity contribution in [2.45, 2.75) is 18.7 Å². The molecule has 3 heteroatoms. The van der Waals surface area contributed by atoms with Crippen LogP contribution in [0.2, 0.25) is 0 Å². The Morgan fingerprint density at radius 2 is 2.27 bits per heavy atom. The fourth-order valence-corrected chi connectivity index (χ4v) is 2.60. The normalized spacial score (nSPS) is 13.0. The van der Waals surface area contributed by atoms with E-state index in [1.54, 1.807) is 11.3 Å². The molecule has 0 bridgehead atoms. The van der Waals surface area contributed by atoms with Gasteiger partial charge in [0.15, 0.2) is 0 Å². The van der Waals surface area contributed by atoms with E-state index < -0.39 is 0 Å². The molecule has 0 fully saturated rings. The first-order chi connectivity index (χ1) is 5.15. The first kappa shape index (κ1) is 8.94. The quantitative estimate of drug-likeness (QED) is 0.566. The molecule has 1 atom stereocenters. The van der Waals surface area contributed by atoms with Gasteiger partial charge in [0.25, 0.3) is 0 Å². The van der Waals surface area contributed by atoms with E-state index in [4.69, 9.17) is 0 Å². The predicted molar refractivity (Wildman–Crippen MR) is 51.5 cm³/mol. The summed E-state index contributed by atoms with van der Waals surface area (Å²) in [5, 5.41) is 0. The summed E-state index contributed by atoms with van der Waals surface area (Å²) in [6.45, 7) is 4.08. The molecule has 11 heavy (non-hydrogen) atoms. The first-order valence-corrected chi connectivity index (χ1v) is 5.04. The summed E-state index contributed by atoms with van der Waals surface area (Å²) in [7, 11) is 0. The lowest BCUT2D eigenvalue weighted by Crippen LogP contribution is -1.88. The van der Waals surface area contributed by atoms with Crippen molar-refractivity contribution >= 4 is 33.6 Å². The van der Waals surface area contributed by atoms with Gasteiger partial charge in [-0.2, -0.15) is 0 Å². The maximum Gasteiger partial charge on any atom is 0.138 e. The van der Waals surface area contributed by atoms with Gasteiger partial charge in [0.05, 0.1) is 4.83 Å². The van der Waals surface area contributed by atoms with E-state index in [1.807, 2.05) is 19.9 Å². The van der Waals surface area contributed by atoms with E-state index >= 15 is 0 Å². The molecule has 1 rings (SSSR count). The number of aryl methyl sites for hydroxylation is 2. The molecule has 1 aromatic heterocycles. The number of aldehydes is 1. The van der Waals surface area contributed by atoms with Gasteiger partial charge in [0.2, 0.25) is 0 Å². The zero-order chi connectivity index (χ0) is 8.43. The Morgan fingerprint density at radius 3 is 2.64 bits per heavy atom. The van der Waals surface area contributed by atoms with E-state index in [1.165, 1.54) is 9.75 Å². The van der Waals surface area contributed by atoms with Crippen molar-refractivity contribution in [3.05, 3.63) is 21.4 Å². The molecule has 0 radical (unpaired) electrons. The third-order valence-electron chi connectivity index (χ3n) is 1.50. The number of carbonyl (C=O) groups is 1. The van der Waals surface area contributed by atoms with Crippen molar-refractivity contribution in [2.24, 2.45) is 0 Å². The van der Waals surface area contributed by atoms with Gasteiger partial charge in [-0.1, -0.05) is 15.9 Å². The number of carbonyl (C=O) groups excluding carboxylic acids is 1. The molecule has 0 N–H and O–H groups in total. The Bertz CT molecular complexity index is 267. The van der Waals surface area contributed by atoms with Crippen LogP contribution in [0.15, 0.2) is 6.07 Å². The summed E-state index contributed by atoms with van der Waals surface area (Å²) >= 11 is 5.01. The average Bonchev–Trinajstić information content (AvgIpc) is 2.28. The van der Waals surface area contributed by atoms with Gasteiger partial charge in [-0.05, 0) is 25.5 Å². The molecule has 0 aliphatic rings. The van der Waals surface area contributed by atoms with Crippen LogP contribution in [0, 0.1) is 13.8 Å². The predicted octanol–water partition coefficient (Wildman–Crippen LogP) is 3.00. The first-order valence-electron chi connectivity index (χ1n) is 3.31. The van der Waals surface area contributed by atoms with Crippen LogP contribution in [0.3, 0.4) is 0 Å². The van der Waals surface area contributed by atoms with Crippen LogP contribution in [0.5, 0.6) is 0 Å². The molecule has 1 aromatic rings. The molecule has 1 unspecified atom stereocenters. The van der Waals surface area contributed by atoms with E-state index in [9.17, 15) is 4.79 Å². The highest BCUT2D eigenvalue weighted by molar-refractivity contribution is 9.09. The standard InChI is InChI=1S/C8H9BrOS/c1-5-3-7(6(2)11-5)8(9)4-10/h3-4,8H,1-2H3. The Balaban J connectivity index is 3.02. The Kier molecular flexibility index (Phi) is 2.84. The van der Waals surface area contributed by atoms with Crippen molar-refractivity contribution in [3.8, 4) is 0 Å². The summed E-state index contributed by atoms with van der Waals surface area (Å²) in [5.74, 6) is 0. The molecular formula is C8H9BrOS. The van der Waals surface area contributed by atoms with Crippen molar-refractivity contribution in [1.82, 2.24) is 0 Å². The van der Waals surface area contributed by atoms with Gasteiger partial charge in [-0.25, -0.2) is 0 Å².